The molecule has 0 unspecified atom stereocenters. The van der Waals surface area contributed by atoms with Gasteiger partial charge in [-0.25, -0.2) is 14.2 Å². The highest BCUT2D eigenvalue weighted by Crippen LogP contribution is 2.31. The lowest BCUT2D eigenvalue weighted by Crippen LogP contribution is -2.31. The van der Waals surface area contributed by atoms with E-state index < -0.39 is 6.09 Å². The highest BCUT2D eigenvalue weighted by Gasteiger charge is 2.33. The molecule has 2 aliphatic heterocycles. The molecule has 7 heteroatoms. The number of carbonyl (C=O) groups is 1. The van der Waals surface area contributed by atoms with Crippen LogP contribution in [0.25, 0.3) is 0 Å². The number of pyridine rings is 1. The van der Waals surface area contributed by atoms with Crippen molar-refractivity contribution in [2.45, 2.75) is 24.1 Å². The molecule has 0 aliphatic carbocycles. The van der Waals surface area contributed by atoms with Crippen molar-refractivity contribution >= 4 is 29.2 Å². The molecule has 0 N–H and O–H groups in total. The maximum atomic E-state index is 15.0. The highest BCUT2D eigenvalue weighted by molar-refractivity contribution is 7.99. The van der Waals surface area contributed by atoms with Crippen LogP contribution >= 0.6 is 11.8 Å². The number of ether oxygens (including phenoxy) is 1. The third-order valence-corrected chi connectivity index (χ3v) is 6.72. The molecule has 2 aromatic carbocycles. The van der Waals surface area contributed by atoms with Crippen molar-refractivity contribution in [1.29, 1.82) is 0 Å². The number of cyclic esters (lactones) is 1. The summed E-state index contributed by atoms with van der Waals surface area (Å²) in [6.45, 7) is 1.85. The fourth-order valence-corrected chi connectivity index (χ4v) is 4.89. The molecule has 158 valence electrons. The van der Waals surface area contributed by atoms with E-state index in [0.29, 0.717) is 30.2 Å². The van der Waals surface area contributed by atoms with E-state index in [2.05, 4.69) is 22.0 Å². The van der Waals surface area contributed by atoms with E-state index in [9.17, 15) is 4.79 Å². The zero-order valence-corrected chi connectivity index (χ0v) is 17.7. The fourth-order valence-electron chi connectivity index (χ4n) is 4.05. The van der Waals surface area contributed by atoms with Crippen molar-refractivity contribution in [2.24, 2.45) is 0 Å². The molecule has 1 amide bonds. The van der Waals surface area contributed by atoms with Crippen LogP contribution in [0.1, 0.15) is 11.1 Å². The second-order valence-corrected chi connectivity index (χ2v) is 8.71. The minimum absolute atomic E-state index is 0.263. The van der Waals surface area contributed by atoms with Gasteiger partial charge in [0.25, 0.3) is 0 Å². The molecular formula is C24H22FN3O2S. The van der Waals surface area contributed by atoms with E-state index in [-0.39, 0.29) is 11.9 Å². The third kappa shape index (κ3) is 4.23. The number of halogens is 1. The van der Waals surface area contributed by atoms with Gasteiger partial charge in [-0.3, -0.25) is 4.90 Å². The summed E-state index contributed by atoms with van der Waals surface area (Å²) in [4.78, 5) is 20.2. The molecule has 0 saturated carbocycles. The van der Waals surface area contributed by atoms with Crippen molar-refractivity contribution in [3.8, 4) is 0 Å². The number of thioether (sulfide) groups is 1. The van der Waals surface area contributed by atoms with Gasteiger partial charge in [0.05, 0.1) is 22.9 Å². The Morgan fingerprint density at radius 2 is 1.94 bits per heavy atom. The Balaban J connectivity index is 1.26. The van der Waals surface area contributed by atoms with E-state index >= 15 is 4.39 Å². The molecule has 3 aromatic rings. The minimum atomic E-state index is -0.439. The summed E-state index contributed by atoms with van der Waals surface area (Å²) < 4.78 is 20.5. The van der Waals surface area contributed by atoms with Crippen molar-refractivity contribution in [2.75, 3.05) is 28.6 Å². The molecule has 0 radical (unpaired) electrons. The first-order chi connectivity index (χ1) is 15.2. The van der Waals surface area contributed by atoms with Crippen LogP contribution in [0.4, 0.5) is 20.6 Å². The molecule has 2 aliphatic rings. The highest BCUT2D eigenvalue weighted by atomic mass is 32.2. The molecule has 1 fully saturated rings. The van der Waals surface area contributed by atoms with Crippen LogP contribution in [0.15, 0.2) is 71.9 Å². The summed E-state index contributed by atoms with van der Waals surface area (Å²) in [7, 11) is 0. The zero-order valence-electron chi connectivity index (χ0n) is 16.9. The van der Waals surface area contributed by atoms with E-state index in [4.69, 9.17) is 4.74 Å². The van der Waals surface area contributed by atoms with Crippen LogP contribution in [0, 0.1) is 5.82 Å². The SMILES string of the molecule is O=C1O[C@@H](CSc2ccccn2)CN1c1ccc(N2CCc3ccccc3C2)c(F)c1. The number of anilines is 2. The van der Waals surface area contributed by atoms with Gasteiger partial charge < -0.3 is 9.64 Å². The van der Waals surface area contributed by atoms with Gasteiger partial charge in [0, 0.05) is 25.0 Å². The summed E-state index contributed by atoms with van der Waals surface area (Å²) in [6.07, 6.45) is 1.93. The molecule has 1 aromatic heterocycles. The molecule has 1 atom stereocenters. The third-order valence-electron chi connectivity index (χ3n) is 5.64. The minimum Gasteiger partial charge on any atom is -0.443 e. The smallest absolute Gasteiger partial charge is 0.414 e. The van der Waals surface area contributed by atoms with Crippen LogP contribution in [-0.2, 0) is 17.7 Å². The fraction of sp³-hybridized carbons (Fsp3) is 0.250. The Bertz CT molecular complexity index is 1100. The van der Waals surface area contributed by atoms with Crippen LogP contribution in [0.5, 0.6) is 0 Å². The van der Waals surface area contributed by atoms with Gasteiger partial charge in [0.15, 0.2) is 0 Å². The predicted octanol–water partition coefficient (Wildman–Crippen LogP) is 4.90. The van der Waals surface area contributed by atoms with Crippen molar-refractivity contribution in [1.82, 2.24) is 4.98 Å². The normalized spacial score (nSPS) is 18.1. The van der Waals surface area contributed by atoms with Gasteiger partial charge in [0.2, 0.25) is 0 Å². The van der Waals surface area contributed by atoms with Crippen LogP contribution < -0.4 is 9.80 Å². The van der Waals surface area contributed by atoms with Crippen LogP contribution in [0.2, 0.25) is 0 Å². The van der Waals surface area contributed by atoms with E-state index in [1.165, 1.54) is 22.1 Å². The van der Waals surface area contributed by atoms with Gasteiger partial charge in [-0.05, 0) is 47.9 Å². The molecule has 1 saturated heterocycles. The Hall–Kier alpha value is -3.06. The van der Waals surface area contributed by atoms with Gasteiger partial charge in [-0.2, -0.15) is 0 Å². The average molecular weight is 436 g/mol. The lowest BCUT2D eigenvalue weighted by molar-refractivity contribution is 0.151. The first-order valence-electron chi connectivity index (χ1n) is 10.3. The average Bonchev–Trinajstić information content (AvgIpc) is 3.18. The summed E-state index contributed by atoms with van der Waals surface area (Å²) in [5, 5.41) is 0.885. The lowest BCUT2D eigenvalue weighted by atomic mass is 9.99. The number of fused-ring (bicyclic) bond motifs is 1. The van der Waals surface area contributed by atoms with E-state index in [0.717, 1.165) is 18.0 Å². The van der Waals surface area contributed by atoms with Crippen molar-refractivity contribution in [3.05, 3.63) is 83.8 Å². The standard InChI is InChI=1S/C24H22FN3O2S/c25-21-13-19(8-9-22(21)27-12-10-17-5-1-2-6-18(17)14-27)28-15-20(30-24(28)29)16-31-23-7-3-4-11-26-23/h1-9,11,13,20H,10,12,14-16H2/t20-/m1/s1. The molecule has 5 rings (SSSR count). The Morgan fingerprint density at radius 1 is 1.10 bits per heavy atom. The second-order valence-electron chi connectivity index (χ2n) is 7.67. The maximum Gasteiger partial charge on any atom is 0.414 e. The molecular weight excluding hydrogens is 413 g/mol. The summed E-state index contributed by atoms with van der Waals surface area (Å²) in [5.74, 6) is 0.281. The number of benzene rings is 2. The monoisotopic (exact) mass is 435 g/mol. The second kappa shape index (κ2) is 8.59. The maximum absolute atomic E-state index is 15.0. The van der Waals surface area contributed by atoms with Gasteiger partial charge in [0.1, 0.15) is 11.9 Å². The van der Waals surface area contributed by atoms with E-state index in [1.54, 1.807) is 30.1 Å². The summed E-state index contributed by atoms with van der Waals surface area (Å²) in [6, 6.07) is 19.0. The van der Waals surface area contributed by atoms with Crippen LogP contribution in [-0.4, -0.2) is 36.0 Å². The zero-order chi connectivity index (χ0) is 21.2. The Kier molecular flexibility index (Phi) is 5.51. The number of rotatable bonds is 5. The molecule has 0 bridgehead atoms. The first kappa shape index (κ1) is 19.9. The number of aromatic nitrogens is 1. The number of nitrogens with zero attached hydrogens (tertiary/aromatic N) is 3. The quantitative estimate of drug-likeness (QED) is 0.534. The van der Waals surface area contributed by atoms with Gasteiger partial charge in [-0.15, -0.1) is 11.8 Å². The van der Waals surface area contributed by atoms with Gasteiger partial charge >= 0.3 is 6.09 Å². The molecule has 5 nitrogen and oxygen atoms in total. The van der Waals surface area contributed by atoms with E-state index in [1.807, 2.05) is 30.3 Å². The first-order valence-corrected chi connectivity index (χ1v) is 11.3. The Morgan fingerprint density at radius 3 is 2.74 bits per heavy atom. The summed E-state index contributed by atoms with van der Waals surface area (Å²) >= 11 is 1.54. The molecule has 3 heterocycles. The lowest BCUT2D eigenvalue weighted by Gasteiger charge is -2.31. The van der Waals surface area contributed by atoms with Crippen molar-refractivity contribution < 1.29 is 13.9 Å². The van der Waals surface area contributed by atoms with Gasteiger partial charge in [-0.1, -0.05) is 30.3 Å². The number of amides is 1. The topological polar surface area (TPSA) is 45.7 Å². The Labute approximate surface area is 184 Å². The van der Waals surface area contributed by atoms with Crippen molar-refractivity contribution in [3.63, 3.8) is 0 Å². The number of carbonyl (C=O) groups excluding carboxylic acids is 1. The number of hydrogen-bond donors (Lipinski definition) is 0. The molecule has 31 heavy (non-hydrogen) atoms. The van der Waals surface area contributed by atoms with Crippen LogP contribution in [0.3, 0.4) is 0 Å². The largest absolute Gasteiger partial charge is 0.443 e. The number of hydrogen-bond acceptors (Lipinski definition) is 5. The molecule has 0 spiro atoms. The predicted molar refractivity (Wildman–Crippen MR) is 120 cm³/mol. The summed E-state index contributed by atoms with van der Waals surface area (Å²) in [5.41, 5.74) is 3.64.